The van der Waals surface area contributed by atoms with E-state index in [1.807, 2.05) is 49.4 Å². The van der Waals surface area contributed by atoms with Crippen molar-refractivity contribution in [1.29, 1.82) is 0 Å². The van der Waals surface area contributed by atoms with Crippen LogP contribution in [0.3, 0.4) is 0 Å². The number of hydrogen-bond acceptors (Lipinski definition) is 6. The van der Waals surface area contributed by atoms with Gasteiger partial charge in [0.2, 0.25) is 12.3 Å². The highest BCUT2D eigenvalue weighted by atomic mass is 16.5. The Morgan fingerprint density at radius 1 is 0.860 bits per heavy atom. The fraction of sp³-hybridized carbons (Fsp3) is 0.235. The molecular formula is C34H35N3O6. The van der Waals surface area contributed by atoms with Gasteiger partial charge in [-0.05, 0) is 98.8 Å². The summed E-state index contributed by atoms with van der Waals surface area (Å²) in [6.07, 6.45) is 6.43. The number of hydrogen-bond donors (Lipinski definition) is 3. The summed E-state index contributed by atoms with van der Waals surface area (Å²) >= 11 is 0. The molecule has 0 spiro atoms. The molecule has 1 aliphatic rings. The predicted octanol–water partition coefficient (Wildman–Crippen LogP) is 6.18. The fourth-order valence-corrected chi connectivity index (χ4v) is 4.64. The molecule has 43 heavy (non-hydrogen) atoms. The first-order chi connectivity index (χ1) is 20.9. The number of carbonyl (C=O) groups excluding carboxylic acids is 2. The molecule has 1 fully saturated rings. The Labute approximate surface area is 250 Å². The second-order valence-electron chi connectivity index (χ2n) is 10.1. The van der Waals surface area contributed by atoms with Crippen molar-refractivity contribution in [3.63, 3.8) is 0 Å². The second-order valence-corrected chi connectivity index (χ2v) is 10.1. The highest BCUT2D eigenvalue weighted by molar-refractivity contribution is 6.01. The standard InChI is InChI=1S/C28H28N2O6.C6H7N/c31-18-29-20-7-11-22(12-8-20)36-24-15-13-23(14-16-24)35-21-9-5-19(6-10-21)17-27(32)30-26-4-2-1-3-25(26)28(33)34;1-6-4-2-3-5-7-6/h1-6,9-10,13-16,18,20,22H,7-8,11-12,17H2,(H,29,31)(H,30,32)(H,33,34);2-5H,1H3. The highest BCUT2D eigenvalue weighted by Gasteiger charge is 2.22. The van der Waals surface area contributed by atoms with E-state index in [2.05, 4.69) is 15.6 Å². The minimum absolute atomic E-state index is 0.0466. The van der Waals surface area contributed by atoms with Gasteiger partial charge in [-0.15, -0.1) is 0 Å². The van der Waals surface area contributed by atoms with Crippen molar-refractivity contribution in [2.45, 2.75) is 51.2 Å². The van der Waals surface area contributed by atoms with Crippen LogP contribution >= 0.6 is 0 Å². The number of aromatic carboxylic acids is 1. The molecule has 0 bridgehead atoms. The van der Waals surface area contributed by atoms with Gasteiger partial charge in [0.1, 0.15) is 17.2 Å². The molecule has 3 aromatic carbocycles. The molecule has 5 rings (SSSR count). The van der Waals surface area contributed by atoms with Crippen LogP contribution in [-0.2, 0) is 16.0 Å². The average Bonchev–Trinajstić information content (AvgIpc) is 3.01. The summed E-state index contributed by atoms with van der Waals surface area (Å²) < 4.78 is 12.0. The number of rotatable bonds is 10. The maximum atomic E-state index is 12.4. The van der Waals surface area contributed by atoms with Crippen molar-refractivity contribution in [2.75, 3.05) is 5.32 Å². The Kier molecular flexibility index (Phi) is 11.2. The third kappa shape index (κ3) is 10.00. The van der Waals surface area contributed by atoms with Gasteiger partial charge in [0.15, 0.2) is 0 Å². The molecule has 0 atom stereocenters. The lowest BCUT2D eigenvalue weighted by Gasteiger charge is -2.28. The second kappa shape index (κ2) is 15.7. The van der Waals surface area contributed by atoms with Crippen LogP contribution in [0.4, 0.5) is 5.69 Å². The Balaban J connectivity index is 0.000000530. The summed E-state index contributed by atoms with van der Waals surface area (Å²) in [6.45, 7) is 1.97. The zero-order chi connectivity index (χ0) is 30.4. The van der Waals surface area contributed by atoms with Crippen LogP contribution in [0, 0.1) is 6.92 Å². The Morgan fingerprint density at radius 2 is 1.49 bits per heavy atom. The van der Waals surface area contributed by atoms with Gasteiger partial charge in [-0.25, -0.2) is 4.79 Å². The van der Waals surface area contributed by atoms with Crippen LogP contribution < -0.4 is 20.1 Å². The number of aryl methyl sites for hydroxylation is 1. The van der Waals surface area contributed by atoms with Gasteiger partial charge < -0.3 is 25.2 Å². The molecule has 2 amide bonds. The maximum Gasteiger partial charge on any atom is 0.337 e. The van der Waals surface area contributed by atoms with Gasteiger partial charge in [0, 0.05) is 17.9 Å². The van der Waals surface area contributed by atoms with Crippen molar-refractivity contribution in [1.82, 2.24) is 10.3 Å². The monoisotopic (exact) mass is 581 g/mol. The molecule has 222 valence electrons. The number of pyridine rings is 1. The zero-order valence-electron chi connectivity index (χ0n) is 23.9. The molecule has 0 aliphatic heterocycles. The maximum absolute atomic E-state index is 12.4. The van der Waals surface area contributed by atoms with Crippen molar-refractivity contribution in [2.24, 2.45) is 0 Å². The Morgan fingerprint density at radius 3 is 2.07 bits per heavy atom. The van der Waals surface area contributed by atoms with Crippen LogP contribution in [0.1, 0.15) is 47.3 Å². The zero-order valence-corrected chi connectivity index (χ0v) is 23.9. The third-order valence-corrected chi connectivity index (χ3v) is 6.87. The number of benzene rings is 3. The third-order valence-electron chi connectivity index (χ3n) is 6.87. The first-order valence-electron chi connectivity index (χ1n) is 14.1. The summed E-state index contributed by atoms with van der Waals surface area (Å²) in [6, 6.07) is 27.0. The van der Waals surface area contributed by atoms with Crippen molar-refractivity contribution < 1.29 is 29.0 Å². The first kappa shape index (κ1) is 30.8. The number of para-hydroxylation sites is 1. The van der Waals surface area contributed by atoms with Crippen LogP contribution in [0.25, 0.3) is 0 Å². The largest absolute Gasteiger partial charge is 0.490 e. The van der Waals surface area contributed by atoms with Crippen LogP contribution in [0.2, 0.25) is 0 Å². The van der Waals surface area contributed by atoms with Gasteiger partial charge in [-0.2, -0.15) is 0 Å². The molecule has 1 heterocycles. The molecule has 1 aromatic heterocycles. The van der Waals surface area contributed by atoms with Gasteiger partial charge in [-0.1, -0.05) is 30.3 Å². The van der Waals surface area contributed by atoms with E-state index in [-0.39, 0.29) is 35.7 Å². The Hall–Kier alpha value is -5.18. The van der Waals surface area contributed by atoms with E-state index in [1.54, 1.807) is 48.7 Å². The lowest BCUT2D eigenvalue weighted by atomic mass is 9.93. The van der Waals surface area contributed by atoms with E-state index in [0.717, 1.165) is 49.1 Å². The quantitative estimate of drug-likeness (QED) is 0.191. The average molecular weight is 582 g/mol. The molecule has 1 saturated carbocycles. The topological polar surface area (TPSA) is 127 Å². The fourth-order valence-electron chi connectivity index (χ4n) is 4.64. The van der Waals surface area contributed by atoms with E-state index < -0.39 is 5.97 Å². The van der Waals surface area contributed by atoms with Gasteiger partial charge in [-0.3, -0.25) is 14.6 Å². The highest BCUT2D eigenvalue weighted by Crippen LogP contribution is 2.27. The van der Waals surface area contributed by atoms with Crippen LogP contribution in [0.5, 0.6) is 17.2 Å². The first-order valence-corrected chi connectivity index (χ1v) is 14.1. The van der Waals surface area contributed by atoms with Crippen molar-refractivity contribution >= 4 is 24.0 Å². The summed E-state index contributed by atoms with van der Waals surface area (Å²) in [4.78, 5) is 38.2. The molecule has 4 aromatic rings. The Bertz CT molecular complexity index is 1470. The van der Waals surface area contributed by atoms with Crippen LogP contribution in [-0.4, -0.2) is 40.5 Å². The smallest absolute Gasteiger partial charge is 0.337 e. The van der Waals surface area contributed by atoms with Gasteiger partial charge in [0.25, 0.3) is 0 Å². The lowest BCUT2D eigenvalue weighted by molar-refractivity contribution is -0.115. The summed E-state index contributed by atoms with van der Waals surface area (Å²) in [7, 11) is 0. The summed E-state index contributed by atoms with van der Waals surface area (Å²) in [5.41, 5.74) is 2.16. The number of nitrogens with zero attached hydrogens (tertiary/aromatic N) is 1. The number of carboxylic acids is 1. The SMILES string of the molecule is Cc1ccccn1.O=CNC1CCC(Oc2ccc(Oc3ccc(CC(=O)Nc4ccccc4C(=O)O)cc3)cc2)CC1. The van der Waals surface area contributed by atoms with Crippen molar-refractivity contribution in [3.05, 3.63) is 114 Å². The normalized spacial score (nSPS) is 15.7. The van der Waals surface area contributed by atoms with E-state index >= 15 is 0 Å². The summed E-state index contributed by atoms with van der Waals surface area (Å²) in [5, 5.41) is 14.7. The number of carbonyl (C=O) groups is 3. The number of amides is 2. The van der Waals surface area contributed by atoms with Gasteiger partial charge in [0.05, 0.1) is 23.8 Å². The molecular weight excluding hydrogens is 546 g/mol. The van der Waals surface area contributed by atoms with E-state index in [4.69, 9.17) is 9.47 Å². The van der Waals surface area contributed by atoms with Crippen molar-refractivity contribution in [3.8, 4) is 17.2 Å². The molecule has 9 nitrogen and oxygen atoms in total. The molecule has 0 radical (unpaired) electrons. The van der Waals surface area contributed by atoms with Gasteiger partial charge >= 0.3 is 5.97 Å². The minimum Gasteiger partial charge on any atom is -0.490 e. The number of ether oxygens (including phenoxy) is 2. The molecule has 3 N–H and O–H groups in total. The molecule has 9 heteroatoms. The summed E-state index contributed by atoms with van der Waals surface area (Å²) in [5.74, 6) is 0.672. The number of aromatic nitrogens is 1. The van der Waals surface area contributed by atoms with E-state index in [9.17, 15) is 19.5 Å². The molecule has 1 aliphatic carbocycles. The van der Waals surface area contributed by atoms with E-state index in [1.165, 1.54) is 6.07 Å². The van der Waals surface area contributed by atoms with E-state index in [0.29, 0.717) is 11.5 Å². The number of carboxylic acid groups (broad SMARTS) is 1. The number of anilines is 1. The predicted molar refractivity (Wildman–Crippen MR) is 164 cm³/mol. The molecule has 0 unspecified atom stereocenters. The molecule has 0 saturated heterocycles. The van der Waals surface area contributed by atoms with Crippen LogP contribution in [0.15, 0.2) is 97.2 Å². The lowest BCUT2D eigenvalue weighted by Crippen LogP contribution is -2.35. The minimum atomic E-state index is -1.09. The number of nitrogens with one attached hydrogen (secondary N) is 2.